The first-order valence-corrected chi connectivity index (χ1v) is 9.37. The molecule has 0 bridgehead atoms. The number of piperidine rings is 1. The molecular weight excluding hydrogens is 429 g/mol. The lowest BCUT2D eigenvalue weighted by Gasteiger charge is -2.26. The molecule has 1 aliphatic heterocycles. The van der Waals surface area contributed by atoms with Crippen LogP contribution in [0.4, 0.5) is 0 Å². The molecule has 7 nitrogen and oxygen atoms in total. The van der Waals surface area contributed by atoms with Crippen molar-refractivity contribution in [2.24, 2.45) is 12.0 Å². The number of hydrogen-bond acceptors (Lipinski definition) is 4. The van der Waals surface area contributed by atoms with Crippen LogP contribution in [0.15, 0.2) is 11.3 Å². The van der Waals surface area contributed by atoms with E-state index < -0.39 is 0 Å². The molecule has 1 aromatic rings. The van der Waals surface area contributed by atoms with Crippen molar-refractivity contribution in [3.63, 3.8) is 0 Å². The van der Waals surface area contributed by atoms with Gasteiger partial charge < -0.3 is 15.5 Å². The molecule has 1 saturated heterocycles. The molecule has 0 unspecified atom stereocenters. The fourth-order valence-electron chi connectivity index (χ4n) is 2.98. The summed E-state index contributed by atoms with van der Waals surface area (Å²) in [7, 11) is 1.89. The van der Waals surface area contributed by atoms with Gasteiger partial charge in [-0.1, -0.05) is 12.8 Å². The molecule has 0 amide bonds. The third kappa shape index (κ3) is 8.84. The van der Waals surface area contributed by atoms with Crippen molar-refractivity contribution < 1.29 is 0 Å². The van der Waals surface area contributed by atoms with E-state index in [9.17, 15) is 0 Å². The summed E-state index contributed by atoms with van der Waals surface area (Å²) in [6.07, 6.45) is 9.50. The Balaban J connectivity index is 0.00000312. The number of rotatable bonds is 9. The van der Waals surface area contributed by atoms with E-state index in [0.29, 0.717) is 6.54 Å². The van der Waals surface area contributed by atoms with Gasteiger partial charge in [-0.3, -0.25) is 4.68 Å². The fraction of sp³-hybridized carbons (Fsp3) is 0.824. The Morgan fingerprint density at radius 3 is 2.64 bits per heavy atom. The third-order valence-corrected chi connectivity index (χ3v) is 4.42. The average Bonchev–Trinajstić information content (AvgIpc) is 3.01. The molecule has 144 valence electrons. The summed E-state index contributed by atoms with van der Waals surface area (Å²) in [6.45, 7) is 8.32. The highest BCUT2D eigenvalue weighted by Crippen LogP contribution is 2.09. The first-order valence-electron chi connectivity index (χ1n) is 9.37. The molecule has 0 aliphatic carbocycles. The number of nitrogens with one attached hydrogen (secondary N) is 2. The molecule has 0 spiro atoms. The van der Waals surface area contributed by atoms with Gasteiger partial charge in [0.2, 0.25) is 0 Å². The van der Waals surface area contributed by atoms with E-state index in [2.05, 4.69) is 37.5 Å². The fourth-order valence-corrected chi connectivity index (χ4v) is 2.98. The number of aryl methyl sites for hydroxylation is 1. The van der Waals surface area contributed by atoms with E-state index in [1.807, 2.05) is 7.05 Å². The van der Waals surface area contributed by atoms with E-state index in [-0.39, 0.29) is 24.0 Å². The Labute approximate surface area is 169 Å². The van der Waals surface area contributed by atoms with Crippen molar-refractivity contribution in [2.45, 2.75) is 52.0 Å². The second kappa shape index (κ2) is 13.3. The minimum absolute atomic E-state index is 0. The molecule has 1 aromatic heterocycles. The van der Waals surface area contributed by atoms with Crippen LogP contribution in [-0.4, -0.2) is 58.3 Å². The minimum atomic E-state index is 0. The van der Waals surface area contributed by atoms with E-state index in [1.165, 1.54) is 58.2 Å². The molecule has 25 heavy (non-hydrogen) atoms. The van der Waals surface area contributed by atoms with Crippen LogP contribution in [-0.2, 0) is 13.6 Å². The minimum Gasteiger partial charge on any atom is -0.357 e. The van der Waals surface area contributed by atoms with E-state index in [4.69, 9.17) is 0 Å². The van der Waals surface area contributed by atoms with Gasteiger partial charge in [0, 0.05) is 20.1 Å². The number of aliphatic imine (C=N–C) groups is 1. The van der Waals surface area contributed by atoms with Crippen LogP contribution in [0.5, 0.6) is 0 Å². The smallest absolute Gasteiger partial charge is 0.191 e. The second-order valence-electron chi connectivity index (χ2n) is 6.38. The average molecular weight is 463 g/mol. The summed E-state index contributed by atoms with van der Waals surface area (Å²) in [5, 5.41) is 10.8. The van der Waals surface area contributed by atoms with Gasteiger partial charge in [0.05, 0.1) is 0 Å². The highest BCUT2D eigenvalue weighted by molar-refractivity contribution is 14.0. The molecule has 1 aliphatic rings. The lowest BCUT2D eigenvalue weighted by atomic mass is 10.1. The summed E-state index contributed by atoms with van der Waals surface area (Å²) in [5.41, 5.74) is 0. The van der Waals surface area contributed by atoms with Crippen LogP contribution in [0.3, 0.4) is 0 Å². The van der Waals surface area contributed by atoms with Gasteiger partial charge in [0.1, 0.15) is 18.7 Å². The lowest BCUT2D eigenvalue weighted by molar-refractivity contribution is 0.224. The van der Waals surface area contributed by atoms with Crippen molar-refractivity contribution in [1.82, 2.24) is 30.3 Å². The SMILES string of the molecule is CCNC(=NCc1ncnn1C)NCCCCCN1CCCCC1.I. The Morgan fingerprint density at radius 2 is 1.96 bits per heavy atom. The second-order valence-corrected chi connectivity index (χ2v) is 6.38. The molecule has 0 radical (unpaired) electrons. The van der Waals surface area contributed by atoms with E-state index >= 15 is 0 Å². The zero-order chi connectivity index (χ0) is 17.0. The van der Waals surface area contributed by atoms with Gasteiger partial charge in [-0.05, 0) is 52.2 Å². The Bertz CT molecular complexity index is 483. The number of aromatic nitrogens is 3. The summed E-state index contributed by atoms with van der Waals surface area (Å²) in [6, 6.07) is 0. The Morgan fingerprint density at radius 1 is 1.16 bits per heavy atom. The summed E-state index contributed by atoms with van der Waals surface area (Å²) < 4.78 is 1.76. The van der Waals surface area contributed by atoms with Crippen LogP contribution in [0, 0.1) is 0 Å². The monoisotopic (exact) mass is 463 g/mol. The molecule has 1 fully saturated rings. The van der Waals surface area contributed by atoms with Crippen LogP contribution in [0.1, 0.15) is 51.3 Å². The number of halogens is 1. The van der Waals surface area contributed by atoms with Gasteiger partial charge >= 0.3 is 0 Å². The Hall–Kier alpha value is -0.900. The molecule has 8 heteroatoms. The maximum Gasteiger partial charge on any atom is 0.191 e. The molecule has 2 heterocycles. The van der Waals surface area contributed by atoms with Crippen molar-refractivity contribution in [2.75, 3.05) is 32.7 Å². The van der Waals surface area contributed by atoms with Gasteiger partial charge in [0.15, 0.2) is 5.96 Å². The number of guanidine groups is 1. The number of unbranched alkanes of at least 4 members (excludes halogenated alkanes) is 2. The van der Waals surface area contributed by atoms with Gasteiger partial charge in [-0.25, -0.2) is 9.98 Å². The number of nitrogens with zero attached hydrogens (tertiary/aromatic N) is 5. The normalized spacial score (nSPS) is 15.7. The molecule has 0 aromatic carbocycles. The lowest BCUT2D eigenvalue weighted by Crippen LogP contribution is -2.37. The third-order valence-electron chi connectivity index (χ3n) is 4.42. The largest absolute Gasteiger partial charge is 0.357 e. The van der Waals surface area contributed by atoms with Crippen molar-refractivity contribution >= 4 is 29.9 Å². The maximum atomic E-state index is 4.57. The highest BCUT2D eigenvalue weighted by atomic mass is 127. The Kier molecular flexibility index (Phi) is 11.8. The van der Waals surface area contributed by atoms with E-state index in [1.54, 1.807) is 11.0 Å². The molecule has 2 N–H and O–H groups in total. The van der Waals surface area contributed by atoms with Crippen molar-refractivity contribution in [3.8, 4) is 0 Å². The van der Waals surface area contributed by atoms with Crippen LogP contribution >= 0.6 is 24.0 Å². The zero-order valence-corrected chi connectivity index (χ0v) is 18.0. The first kappa shape index (κ1) is 22.1. The van der Waals surface area contributed by atoms with Crippen molar-refractivity contribution in [1.29, 1.82) is 0 Å². The summed E-state index contributed by atoms with van der Waals surface area (Å²) in [4.78, 5) is 11.4. The molecular formula is C17H34IN7. The molecule has 0 atom stereocenters. The predicted octanol–water partition coefficient (Wildman–Crippen LogP) is 2.14. The van der Waals surface area contributed by atoms with Gasteiger partial charge in [-0.15, -0.1) is 24.0 Å². The summed E-state index contributed by atoms with van der Waals surface area (Å²) >= 11 is 0. The topological polar surface area (TPSA) is 70.4 Å². The van der Waals surface area contributed by atoms with Gasteiger partial charge in [0.25, 0.3) is 0 Å². The maximum absolute atomic E-state index is 4.57. The zero-order valence-electron chi connectivity index (χ0n) is 15.7. The summed E-state index contributed by atoms with van der Waals surface area (Å²) in [5.74, 6) is 1.73. The first-order chi connectivity index (χ1) is 11.8. The molecule has 0 saturated carbocycles. The quantitative estimate of drug-likeness (QED) is 0.254. The predicted molar refractivity (Wildman–Crippen MR) is 113 cm³/mol. The van der Waals surface area contributed by atoms with Crippen LogP contribution in [0.25, 0.3) is 0 Å². The van der Waals surface area contributed by atoms with Crippen LogP contribution in [0.2, 0.25) is 0 Å². The van der Waals surface area contributed by atoms with Gasteiger partial charge in [-0.2, -0.15) is 5.10 Å². The van der Waals surface area contributed by atoms with Crippen molar-refractivity contribution in [3.05, 3.63) is 12.2 Å². The highest BCUT2D eigenvalue weighted by Gasteiger charge is 2.08. The number of likely N-dealkylation sites (tertiary alicyclic amines) is 1. The number of hydrogen-bond donors (Lipinski definition) is 2. The van der Waals surface area contributed by atoms with Crippen LogP contribution < -0.4 is 10.6 Å². The molecule has 2 rings (SSSR count). The van der Waals surface area contributed by atoms with E-state index in [0.717, 1.165) is 24.9 Å². The standard InChI is InChI=1S/C17H33N7.HI/c1-3-18-17(20-14-16-21-15-22-23(16)2)19-10-6-4-7-11-24-12-8-5-9-13-24;/h15H,3-14H2,1-2H3,(H2,18,19,20);1H.